The number of carbonyl (C=O) groups is 1. The number of hydrogen-bond acceptors (Lipinski definition) is 3. The first-order valence-corrected chi connectivity index (χ1v) is 8.01. The van der Waals surface area contributed by atoms with E-state index in [1.807, 2.05) is 36.4 Å². The van der Waals surface area contributed by atoms with Crippen molar-refractivity contribution in [3.8, 4) is 5.69 Å². The van der Waals surface area contributed by atoms with E-state index in [1.54, 1.807) is 41.7 Å². The summed E-state index contributed by atoms with van der Waals surface area (Å²) < 4.78 is 1.60. The van der Waals surface area contributed by atoms with Crippen LogP contribution in [0.1, 0.15) is 22.9 Å². The number of hydrogen-bond donors (Lipinski definition) is 0. The Labute approximate surface area is 146 Å². The van der Waals surface area contributed by atoms with E-state index >= 15 is 0 Å². The normalized spacial score (nSPS) is 12.6. The molecule has 0 fully saturated rings. The van der Waals surface area contributed by atoms with Gasteiger partial charge in [-0.3, -0.25) is 19.1 Å². The zero-order valence-corrected chi connectivity index (χ0v) is 13.4. The number of ketones is 1. The number of rotatable bonds is 5. The molecule has 0 unspecified atom stereocenters. The lowest BCUT2D eigenvalue weighted by Crippen LogP contribution is -2.15. The van der Waals surface area contributed by atoms with Gasteiger partial charge in [0.25, 0.3) is 5.56 Å². The van der Waals surface area contributed by atoms with Gasteiger partial charge in [0.1, 0.15) is 0 Å². The number of nitrogens with zero attached hydrogens (tertiary/aromatic N) is 2. The fourth-order valence-corrected chi connectivity index (χ4v) is 2.72. The molecular weight excluding hydrogens is 312 g/mol. The van der Waals surface area contributed by atoms with Gasteiger partial charge in [-0.25, -0.2) is 0 Å². The largest absolute Gasteiger partial charge is 0.289 e. The van der Waals surface area contributed by atoms with Crippen LogP contribution < -0.4 is 5.56 Å². The number of carbonyl (C=O) groups excluding carboxylic acids is 1. The van der Waals surface area contributed by atoms with Crippen molar-refractivity contribution >= 4 is 5.78 Å². The van der Waals surface area contributed by atoms with E-state index in [9.17, 15) is 9.59 Å². The summed E-state index contributed by atoms with van der Waals surface area (Å²) in [6, 6.07) is 14.8. The standard InChI is InChI=1S/C21H15N2O2.H2/c24-20-3-1-2-10-23(20)19-8-4-15(5-9-19)11-16-12-18(14-22-13-16)21(25)17-6-7-17;/h1-10,12-14H,11H2;1H. The number of aromatic nitrogens is 2. The molecule has 3 aromatic rings. The molecule has 0 saturated carbocycles. The maximum atomic E-state index is 12.1. The molecule has 1 radical (unpaired) electrons. The third-order valence-corrected chi connectivity index (χ3v) is 4.10. The second kappa shape index (κ2) is 6.32. The SMILES string of the molecule is O=C(C1=C[CH]1)c1cncc(Cc2ccc(-n3ccccc3=O)cc2)c1.[HH]. The van der Waals surface area contributed by atoms with E-state index in [0.717, 1.165) is 22.4 Å². The summed E-state index contributed by atoms with van der Waals surface area (Å²) in [5.41, 5.74) is 4.21. The van der Waals surface area contributed by atoms with Crippen LogP contribution in [0.3, 0.4) is 0 Å². The molecule has 0 N–H and O–H groups in total. The third-order valence-electron chi connectivity index (χ3n) is 4.10. The maximum Gasteiger partial charge on any atom is 0.255 e. The Balaban J connectivity index is 0.00000196. The second-order valence-electron chi connectivity index (χ2n) is 5.95. The highest BCUT2D eigenvalue weighted by Crippen LogP contribution is 2.22. The molecule has 2 aromatic heterocycles. The molecule has 0 bridgehead atoms. The predicted molar refractivity (Wildman–Crippen MR) is 97.9 cm³/mol. The van der Waals surface area contributed by atoms with Crippen molar-refractivity contribution in [1.82, 2.24) is 9.55 Å². The minimum atomic E-state index is -0.0585. The van der Waals surface area contributed by atoms with Crippen molar-refractivity contribution in [2.45, 2.75) is 6.42 Å². The van der Waals surface area contributed by atoms with Crippen molar-refractivity contribution in [1.29, 1.82) is 0 Å². The topological polar surface area (TPSA) is 52.0 Å². The van der Waals surface area contributed by atoms with Crippen LogP contribution in [-0.2, 0) is 6.42 Å². The van der Waals surface area contributed by atoms with E-state index < -0.39 is 0 Å². The summed E-state index contributed by atoms with van der Waals surface area (Å²) >= 11 is 0. The predicted octanol–water partition coefficient (Wildman–Crippen LogP) is 3.40. The number of Topliss-reactive ketones (excluding diaryl/α,β-unsaturated/α-hetero) is 1. The molecule has 1 aromatic carbocycles. The van der Waals surface area contributed by atoms with Gasteiger partial charge >= 0.3 is 0 Å². The number of allylic oxidation sites excluding steroid dienone is 2. The summed E-state index contributed by atoms with van der Waals surface area (Å²) in [6.45, 7) is 0. The lowest BCUT2D eigenvalue weighted by atomic mass is 10.0. The Morgan fingerprint density at radius 3 is 2.56 bits per heavy atom. The Kier molecular flexibility index (Phi) is 3.86. The van der Waals surface area contributed by atoms with E-state index in [2.05, 4.69) is 4.98 Å². The molecule has 0 saturated heterocycles. The van der Waals surface area contributed by atoms with Crippen molar-refractivity contribution in [2.24, 2.45) is 0 Å². The van der Waals surface area contributed by atoms with E-state index in [1.165, 1.54) is 6.07 Å². The average molecular weight is 329 g/mol. The van der Waals surface area contributed by atoms with Gasteiger partial charge in [-0.2, -0.15) is 0 Å². The van der Waals surface area contributed by atoms with Gasteiger partial charge in [-0.15, -0.1) is 0 Å². The van der Waals surface area contributed by atoms with Gasteiger partial charge in [0.15, 0.2) is 5.78 Å². The van der Waals surface area contributed by atoms with Crippen molar-refractivity contribution < 1.29 is 6.22 Å². The van der Waals surface area contributed by atoms with E-state index in [4.69, 9.17) is 0 Å². The second-order valence-corrected chi connectivity index (χ2v) is 5.95. The van der Waals surface area contributed by atoms with Gasteiger partial charge in [0.2, 0.25) is 0 Å². The van der Waals surface area contributed by atoms with Gasteiger partial charge in [-0.05, 0) is 41.8 Å². The zero-order valence-electron chi connectivity index (χ0n) is 13.4. The highest BCUT2D eigenvalue weighted by molar-refractivity contribution is 6.13. The highest BCUT2D eigenvalue weighted by atomic mass is 16.1. The Hall–Kier alpha value is -3.27. The van der Waals surface area contributed by atoms with Crippen LogP contribution in [0.15, 0.2) is 83.6 Å². The lowest BCUT2D eigenvalue weighted by Gasteiger charge is -2.07. The molecule has 2 heterocycles. The monoisotopic (exact) mass is 329 g/mol. The van der Waals surface area contributed by atoms with E-state index in [-0.39, 0.29) is 12.8 Å². The van der Waals surface area contributed by atoms with Crippen LogP contribution in [0.2, 0.25) is 0 Å². The van der Waals surface area contributed by atoms with Crippen LogP contribution >= 0.6 is 0 Å². The first kappa shape index (κ1) is 15.3. The molecule has 25 heavy (non-hydrogen) atoms. The third kappa shape index (κ3) is 3.33. The average Bonchev–Trinajstić information content (AvgIpc) is 3.48. The van der Waals surface area contributed by atoms with Crippen LogP contribution in [0.5, 0.6) is 0 Å². The summed E-state index contributed by atoms with van der Waals surface area (Å²) in [7, 11) is 0. The molecule has 4 nitrogen and oxygen atoms in total. The molecule has 1 aliphatic rings. The first-order valence-electron chi connectivity index (χ1n) is 8.01. The van der Waals surface area contributed by atoms with Crippen molar-refractivity contribution in [2.75, 3.05) is 0 Å². The molecule has 1 aliphatic carbocycles. The first-order chi connectivity index (χ1) is 12.2. The van der Waals surface area contributed by atoms with Crippen LogP contribution in [-0.4, -0.2) is 15.3 Å². The smallest absolute Gasteiger partial charge is 0.255 e. The molecular formula is C21H17N2O2. The van der Waals surface area contributed by atoms with Gasteiger partial charge in [0.05, 0.1) is 0 Å². The fourth-order valence-electron chi connectivity index (χ4n) is 2.72. The molecule has 123 valence electrons. The molecule has 0 aliphatic heterocycles. The van der Waals surface area contributed by atoms with Crippen LogP contribution in [0.4, 0.5) is 0 Å². The molecule has 0 amide bonds. The fraction of sp³-hybridized carbons (Fsp3) is 0.0476. The van der Waals surface area contributed by atoms with E-state index in [0.29, 0.717) is 12.0 Å². The Morgan fingerprint density at radius 2 is 1.84 bits per heavy atom. The minimum Gasteiger partial charge on any atom is -0.289 e. The van der Waals surface area contributed by atoms with Gasteiger partial charge < -0.3 is 0 Å². The maximum absolute atomic E-state index is 12.1. The van der Waals surface area contributed by atoms with Crippen molar-refractivity contribution in [3.05, 3.63) is 112 Å². The Bertz CT molecular complexity index is 1040. The summed E-state index contributed by atoms with van der Waals surface area (Å²) in [5, 5.41) is 0. The molecule has 0 spiro atoms. The minimum absolute atomic E-state index is 0. The van der Waals surface area contributed by atoms with Gasteiger partial charge in [0, 0.05) is 49.3 Å². The Morgan fingerprint density at radius 1 is 1.04 bits per heavy atom. The molecule has 4 rings (SSSR count). The summed E-state index contributed by atoms with van der Waals surface area (Å²) in [6.07, 6.45) is 9.42. The number of pyridine rings is 2. The summed E-state index contributed by atoms with van der Waals surface area (Å²) in [4.78, 5) is 28.1. The van der Waals surface area contributed by atoms with Crippen LogP contribution in [0.25, 0.3) is 5.69 Å². The molecule has 0 atom stereocenters. The summed E-state index contributed by atoms with van der Waals surface area (Å²) in [5.74, 6) is 0.0214. The zero-order chi connectivity index (χ0) is 17.2. The van der Waals surface area contributed by atoms with Crippen LogP contribution in [0, 0.1) is 6.42 Å². The quantitative estimate of drug-likeness (QED) is 0.674. The molecule has 4 heteroatoms. The van der Waals surface area contributed by atoms with Gasteiger partial charge in [-0.1, -0.05) is 24.3 Å². The van der Waals surface area contributed by atoms with Crippen molar-refractivity contribution in [3.63, 3.8) is 0 Å². The highest BCUT2D eigenvalue weighted by Gasteiger charge is 2.19. The lowest BCUT2D eigenvalue weighted by molar-refractivity contribution is 0.104. The number of benzene rings is 1.